The van der Waals surface area contributed by atoms with Crippen molar-refractivity contribution in [3.63, 3.8) is 0 Å². The maximum atomic E-state index is 11.7. The van der Waals surface area contributed by atoms with Crippen molar-refractivity contribution in [1.82, 2.24) is 5.32 Å². The predicted octanol–water partition coefficient (Wildman–Crippen LogP) is 1.60. The number of esters is 1. The van der Waals surface area contributed by atoms with Gasteiger partial charge in [0.2, 0.25) is 5.91 Å². The van der Waals surface area contributed by atoms with Crippen LogP contribution in [0.15, 0.2) is 0 Å². The number of hydrogen-bond acceptors (Lipinski definition) is 4. The number of carbonyl (C=O) groups excluding carboxylic acids is 2. The van der Waals surface area contributed by atoms with Gasteiger partial charge in [0.25, 0.3) is 0 Å². The van der Waals surface area contributed by atoms with Gasteiger partial charge in [-0.15, -0.1) is 0 Å². The highest BCUT2D eigenvalue weighted by atomic mass is 16.5. The van der Waals surface area contributed by atoms with Gasteiger partial charge in [-0.3, -0.25) is 9.59 Å². The van der Waals surface area contributed by atoms with Crippen LogP contribution in [0.4, 0.5) is 0 Å². The average Bonchev–Trinajstić information content (AvgIpc) is 2.31. The molecule has 1 amide bonds. The Bertz CT molecular complexity index is 298. The Labute approximate surface area is 116 Å². The lowest BCUT2D eigenvalue weighted by atomic mass is 9.87. The average molecular weight is 272 g/mol. The summed E-state index contributed by atoms with van der Waals surface area (Å²) in [6.07, 6.45) is 2.83. The monoisotopic (exact) mass is 272 g/mol. The van der Waals surface area contributed by atoms with Crippen LogP contribution in [-0.2, 0) is 14.3 Å². The molecule has 3 N–H and O–H groups in total. The quantitative estimate of drug-likeness (QED) is 0.690. The van der Waals surface area contributed by atoms with Crippen molar-refractivity contribution in [1.29, 1.82) is 0 Å². The Kier molecular flexibility index (Phi) is 7.68. The molecule has 0 saturated heterocycles. The number of nitrogens with two attached hydrogens (primary N) is 1. The third-order valence-corrected chi connectivity index (χ3v) is 2.92. The Morgan fingerprint density at radius 2 is 1.89 bits per heavy atom. The Morgan fingerprint density at radius 1 is 1.32 bits per heavy atom. The molecule has 5 nitrogen and oxygen atoms in total. The minimum atomic E-state index is -0.641. The van der Waals surface area contributed by atoms with Crippen LogP contribution < -0.4 is 11.1 Å². The highest BCUT2D eigenvalue weighted by Crippen LogP contribution is 2.17. The topological polar surface area (TPSA) is 81.4 Å². The zero-order valence-corrected chi connectivity index (χ0v) is 12.8. The molecule has 0 aliphatic heterocycles. The predicted molar refractivity (Wildman–Crippen MR) is 75.5 cm³/mol. The van der Waals surface area contributed by atoms with E-state index in [4.69, 9.17) is 10.5 Å². The lowest BCUT2D eigenvalue weighted by Gasteiger charge is -2.25. The van der Waals surface area contributed by atoms with E-state index >= 15 is 0 Å². The fourth-order valence-corrected chi connectivity index (χ4v) is 1.48. The van der Waals surface area contributed by atoms with Crippen LogP contribution in [0.5, 0.6) is 0 Å². The number of amides is 1. The minimum Gasteiger partial charge on any atom is -0.461 e. The van der Waals surface area contributed by atoms with E-state index in [1.54, 1.807) is 0 Å². The molecule has 112 valence electrons. The van der Waals surface area contributed by atoms with Crippen LogP contribution in [0.3, 0.4) is 0 Å². The van der Waals surface area contributed by atoms with Gasteiger partial charge in [-0.2, -0.15) is 0 Å². The van der Waals surface area contributed by atoms with E-state index in [0.29, 0.717) is 0 Å². The third-order valence-electron chi connectivity index (χ3n) is 2.92. The lowest BCUT2D eigenvalue weighted by Crippen LogP contribution is -2.49. The number of unbranched alkanes of at least 4 members (excludes halogenated alkanes) is 1. The molecule has 0 aliphatic rings. The van der Waals surface area contributed by atoms with Crippen molar-refractivity contribution in [2.45, 2.75) is 66.0 Å². The van der Waals surface area contributed by atoms with Crippen LogP contribution in [0.2, 0.25) is 0 Å². The number of ether oxygens (including phenoxy) is 1. The zero-order chi connectivity index (χ0) is 15.1. The molecule has 2 atom stereocenters. The Hall–Kier alpha value is -1.10. The highest BCUT2D eigenvalue weighted by Gasteiger charge is 2.27. The van der Waals surface area contributed by atoms with Crippen LogP contribution in [-0.4, -0.2) is 30.6 Å². The van der Waals surface area contributed by atoms with Crippen molar-refractivity contribution in [3.8, 4) is 0 Å². The molecule has 0 saturated carbocycles. The summed E-state index contributed by atoms with van der Waals surface area (Å²) in [5.74, 6) is -0.747. The smallest absolute Gasteiger partial charge is 0.325 e. The molecule has 0 fully saturated rings. The molecule has 0 aliphatic carbocycles. The largest absolute Gasteiger partial charge is 0.461 e. The molecule has 0 aromatic carbocycles. The molecular weight excluding hydrogens is 244 g/mol. The van der Waals surface area contributed by atoms with Gasteiger partial charge in [-0.25, -0.2) is 0 Å². The van der Waals surface area contributed by atoms with Crippen LogP contribution in [0.25, 0.3) is 0 Å². The van der Waals surface area contributed by atoms with E-state index in [9.17, 15) is 9.59 Å². The molecule has 0 heterocycles. The molecule has 0 spiro atoms. The molecule has 0 radical (unpaired) electrons. The fourth-order valence-electron chi connectivity index (χ4n) is 1.48. The van der Waals surface area contributed by atoms with Crippen molar-refractivity contribution in [2.75, 3.05) is 6.54 Å². The van der Waals surface area contributed by atoms with Gasteiger partial charge in [-0.05, 0) is 18.8 Å². The second-order valence-electron chi connectivity index (χ2n) is 6.00. The second kappa shape index (κ2) is 8.15. The minimum absolute atomic E-state index is 0.111. The van der Waals surface area contributed by atoms with Gasteiger partial charge in [0, 0.05) is 0 Å². The zero-order valence-electron chi connectivity index (χ0n) is 12.8. The molecule has 2 unspecified atom stereocenters. The number of carbonyl (C=O) groups is 2. The van der Waals surface area contributed by atoms with E-state index < -0.39 is 12.0 Å². The maximum absolute atomic E-state index is 11.7. The molecule has 0 aromatic heterocycles. The van der Waals surface area contributed by atoms with E-state index in [1.807, 2.05) is 27.7 Å². The second-order valence-corrected chi connectivity index (χ2v) is 6.00. The van der Waals surface area contributed by atoms with Gasteiger partial charge in [0.05, 0.1) is 12.1 Å². The first-order valence-corrected chi connectivity index (χ1v) is 6.91. The number of hydrogen-bond donors (Lipinski definition) is 2. The molecule has 0 bridgehead atoms. The fraction of sp³-hybridized carbons (Fsp3) is 0.857. The summed E-state index contributed by atoms with van der Waals surface area (Å²) < 4.78 is 5.17. The van der Waals surface area contributed by atoms with E-state index in [2.05, 4.69) is 12.2 Å². The number of rotatable bonds is 7. The Morgan fingerprint density at radius 3 is 2.37 bits per heavy atom. The van der Waals surface area contributed by atoms with Gasteiger partial charge in [0.15, 0.2) is 0 Å². The van der Waals surface area contributed by atoms with E-state index in [-0.39, 0.29) is 24.0 Å². The maximum Gasteiger partial charge on any atom is 0.325 e. The van der Waals surface area contributed by atoms with Crippen molar-refractivity contribution in [2.24, 2.45) is 11.1 Å². The third kappa shape index (κ3) is 7.82. The highest BCUT2D eigenvalue weighted by molar-refractivity contribution is 5.86. The lowest BCUT2D eigenvalue weighted by molar-refractivity contribution is -0.148. The van der Waals surface area contributed by atoms with Crippen LogP contribution in [0, 0.1) is 5.41 Å². The standard InChI is InChI=1S/C14H28N2O3/c1-6-7-8-10(2)19-11(17)9-16-13(18)12(15)14(3,4)5/h10,12H,6-9,15H2,1-5H3,(H,16,18). The number of nitrogens with one attached hydrogen (secondary N) is 1. The summed E-state index contributed by atoms with van der Waals surface area (Å²) >= 11 is 0. The van der Waals surface area contributed by atoms with Gasteiger partial charge in [0.1, 0.15) is 6.54 Å². The summed E-state index contributed by atoms with van der Waals surface area (Å²) in [5.41, 5.74) is 5.45. The van der Waals surface area contributed by atoms with Crippen molar-refractivity contribution < 1.29 is 14.3 Å². The summed E-state index contributed by atoms with van der Waals surface area (Å²) in [4.78, 5) is 23.2. The van der Waals surface area contributed by atoms with Crippen LogP contribution >= 0.6 is 0 Å². The summed E-state index contributed by atoms with van der Waals surface area (Å²) in [5, 5.41) is 2.51. The Balaban J connectivity index is 4.00. The molecular formula is C14H28N2O3. The molecule has 0 aromatic rings. The van der Waals surface area contributed by atoms with Crippen molar-refractivity contribution >= 4 is 11.9 Å². The molecule has 0 rings (SSSR count). The first kappa shape index (κ1) is 17.9. The first-order valence-electron chi connectivity index (χ1n) is 6.91. The first-order chi connectivity index (χ1) is 8.68. The summed E-state index contributed by atoms with van der Waals surface area (Å²) in [6.45, 7) is 9.45. The van der Waals surface area contributed by atoms with Crippen LogP contribution in [0.1, 0.15) is 53.9 Å². The van der Waals surface area contributed by atoms with Gasteiger partial charge >= 0.3 is 5.97 Å². The van der Waals surface area contributed by atoms with Crippen molar-refractivity contribution in [3.05, 3.63) is 0 Å². The summed E-state index contributed by atoms with van der Waals surface area (Å²) in [6, 6.07) is -0.641. The van der Waals surface area contributed by atoms with Gasteiger partial charge < -0.3 is 15.8 Å². The molecule has 5 heteroatoms. The van der Waals surface area contributed by atoms with Gasteiger partial charge in [-0.1, -0.05) is 40.5 Å². The summed E-state index contributed by atoms with van der Waals surface area (Å²) in [7, 11) is 0. The van der Waals surface area contributed by atoms with E-state index in [0.717, 1.165) is 19.3 Å². The SMILES string of the molecule is CCCCC(C)OC(=O)CNC(=O)C(N)C(C)(C)C. The normalized spacial score (nSPS) is 14.6. The van der Waals surface area contributed by atoms with E-state index in [1.165, 1.54) is 0 Å². The molecule has 19 heavy (non-hydrogen) atoms.